The van der Waals surface area contributed by atoms with Crippen molar-refractivity contribution in [1.82, 2.24) is 29.8 Å². The van der Waals surface area contributed by atoms with Gasteiger partial charge in [-0.15, -0.1) is 10.2 Å². The number of nitrogens with zero attached hydrogens (tertiary/aromatic N) is 6. The fraction of sp³-hybridized carbons (Fsp3) is 0.571. The summed E-state index contributed by atoms with van der Waals surface area (Å²) in [4.78, 5) is 16.7. The van der Waals surface area contributed by atoms with E-state index in [0.29, 0.717) is 5.01 Å². The molecule has 0 aromatic carbocycles. The lowest BCUT2D eigenvalue weighted by Gasteiger charge is -2.20. The molecule has 1 aliphatic rings. The summed E-state index contributed by atoms with van der Waals surface area (Å²) < 4.78 is 1.82. The molecule has 1 aliphatic heterocycles. The molecule has 1 fully saturated rings. The third-order valence-electron chi connectivity index (χ3n) is 3.75. The molecule has 3 rings (SSSR count). The second-order valence-electron chi connectivity index (χ2n) is 5.57. The van der Waals surface area contributed by atoms with Crippen molar-refractivity contribution in [2.45, 2.75) is 19.9 Å². The van der Waals surface area contributed by atoms with Gasteiger partial charge in [-0.2, -0.15) is 5.10 Å². The van der Waals surface area contributed by atoms with Crippen LogP contribution < -0.4 is 0 Å². The number of rotatable bonds is 3. The molecule has 1 amide bonds. The van der Waals surface area contributed by atoms with Crippen LogP contribution in [0.4, 0.5) is 0 Å². The molecule has 0 spiro atoms. The topological polar surface area (TPSA) is 67.2 Å². The molecule has 3 heterocycles. The van der Waals surface area contributed by atoms with E-state index in [0.717, 1.165) is 44.2 Å². The normalized spacial score (nSPS) is 16.7. The first kappa shape index (κ1) is 15.1. The summed E-state index contributed by atoms with van der Waals surface area (Å²) in [6.07, 6.45) is 4.92. The van der Waals surface area contributed by atoms with Crippen LogP contribution in [0.2, 0.25) is 0 Å². The summed E-state index contributed by atoms with van der Waals surface area (Å²) in [5.41, 5.74) is 1.21. The SMILES string of the molecule is Cc1nnc(C(=O)N2CCCN(Cc3cnn(C)c3)CC2)s1. The van der Waals surface area contributed by atoms with Gasteiger partial charge >= 0.3 is 0 Å². The van der Waals surface area contributed by atoms with Crippen molar-refractivity contribution in [1.29, 1.82) is 0 Å². The van der Waals surface area contributed by atoms with Crippen LogP contribution in [0.5, 0.6) is 0 Å². The number of carbonyl (C=O) groups excluding carboxylic acids is 1. The minimum atomic E-state index is 0.00817. The molecule has 2 aromatic heterocycles. The molecule has 0 saturated carbocycles. The Morgan fingerprint density at radius 1 is 1.27 bits per heavy atom. The minimum Gasteiger partial charge on any atom is -0.335 e. The fourth-order valence-electron chi connectivity index (χ4n) is 2.66. The maximum atomic E-state index is 12.4. The molecule has 1 saturated heterocycles. The van der Waals surface area contributed by atoms with E-state index >= 15 is 0 Å². The quantitative estimate of drug-likeness (QED) is 0.841. The largest absolute Gasteiger partial charge is 0.335 e. The molecule has 0 radical (unpaired) electrons. The number of hydrogen-bond donors (Lipinski definition) is 0. The van der Waals surface area contributed by atoms with Gasteiger partial charge in [0.05, 0.1) is 6.20 Å². The second-order valence-corrected chi connectivity index (χ2v) is 6.75. The van der Waals surface area contributed by atoms with Gasteiger partial charge in [0.1, 0.15) is 5.01 Å². The lowest BCUT2D eigenvalue weighted by Crippen LogP contribution is -2.35. The first-order valence-electron chi connectivity index (χ1n) is 7.41. The summed E-state index contributed by atoms with van der Waals surface area (Å²) >= 11 is 1.36. The monoisotopic (exact) mass is 320 g/mol. The van der Waals surface area contributed by atoms with Crippen molar-refractivity contribution in [3.63, 3.8) is 0 Å². The van der Waals surface area contributed by atoms with Crippen LogP contribution in [0.25, 0.3) is 0 Å². The summed E-state index contributed by atoms with van der Waals surface area (Å²) in [6, 6.07) is 0. The third kappa shape index (κ3) is 3.50. The molecular formula is C14H20N6OS. The zero-order valence-electron chi connectivity index (χ0n) is 12.9. The van der Waals surface area contributed by atoms with Crippen LogP contribution in [-0.4, -0.2) is 61.9 Å². The second kappa shape index (κ2) is 6.53. The molecule has 22 heavy (non-hydrogen) atoms. The molecular weight excluding hydrogens is 300 g/mol. The first-order chi connectivity index (χ1) is 10.6. The molecule has 2 aromatic rings. The predicted octanol–water partition coefficient (Wildman–Crippen LogP) is 0.928. The molecule has 0 N–H and O–H groups in total. The van der Waals surface area contributed by atoms with Gasteiger partial charge in [0.2, 0.25) is 5.01 Å². The Morgan fingerprint density at radius 3 is 2.82 bits per heavy atom. The van der Waals surface area contributed by atoms with Crippen molar-refractivity contribution >= 4 is 17.2 Å². The molecule has 0 atom stereocenters. The highest BCUT2D eigenvalue weighted by Crippen LogP contribution is 2.14. The smallest absolute Gasteiger partial charge is 0.284 e. The van der Waals surface area contributed by atoms with E-state index in [1.54, 1.807) is 0 Å². The summed E-state index contributed by atoms with van der Waals surface area (Å²) in [5.74, 6) is 0.00817. The zero-order valence-corrected chi connectivity index (χ0v) is 13.7. The van der Waals surface area contributed by atoms with Crippen LogP contribution in [0.1, 0.15) is 26.8 Å². The van der Waals surface area contributed by atoms with Gasteiger partial charge in [-0.25, -0.2) is 0 Å². The molecule has 0 unspecified atom stereocenters. The molecule has 8 heteroatoms. The summed E-state index contributed by atoms with van der Waals surface area (Å²) in [7, 11) is 1.93. The Balaban J connectivity index is 1.58. The van der Waals surface area contributed by atoms with Crippen molar-refractivity contribution in [2.75, 3.05) is 26.2 Å². The van der Waals surface area contributed by atoms with E-state index in [9.17, 15) is 4.79 Å². The maximum absolute atomic E-state index is 12.4. The van der Waals surface area contributed by atoms with Gasteiger partial charge in [-0.3, -0.25) is 14.4 Å². The van der Waals surface area contributed by atoms with E-state index in [-0.39, 0.29) is 5.91 Å². The van der Waals surface area contributed by atoms with Crippen LogP contribution in [-0.2, 0) is 13.6 Å². The Hall–Kier alpha value is -1.80. The summed E-state index contributed by atoms with van der Waals surface area (Å²) in [6.45, 7) is 6.13. The number of aromatic nitrogens is 4. The van der Waals surface area contributed by atoms with Gasteiger partial charge in [0, 0.05) is 51.5 Å². The molecule has 118 valence electrons. The Labute approximate surface area is 133 Å². The van der Waals surface area contributed by atoms with Gasteiger partial charge in [-0.05, 0) is 13.3 Å². The lowest BCUT2D eigenvalue weighted by molar-refractivity contribution is 0.0760. The Kier molecular flexibility index (Phi) is 4.49. The van der Waals surface area contributed by atoms with Crippen LogP contribution in [0, 0.1) is 6.92 Å². The van der Waals surface area contributed by atoms with E-state index in [1.165, 1.54) is 16.9 Å². The van der Waals surface area contributed by atoms with Crippen molar-refractivity contribution in [3.05, 3.63) is 28.0 Å². The highest BCUT2D eigenvalue weighted by atomic mass is 32.1. The number of amides is 1. The molecule has 0 bridgehead atoms. The number of aryl methyl sites for hydroxylation is 2. The Bertz CT molecular complexity index is 651. The van der Waals surface area contributed by atoms with Crippen molar-refractivity contribution < 1.29 is 4.79 Å². The standard InChI is InChI=1S/C14H20N6OS/c1-11-16-17-13(22-11)14(21)20-5-3-4-19(6-7-20)10-12-8-15-18(2)9-12/h8-9H,3-7,10H2,1-2H3. The average molecular weight is 320 g/mol. The van der Waals surface area contributed by atoms with Crippen LogP contribution >= 0.6 is 11.3 Å². The summed E-state index contributed by atoms with van der Waals surface area (Å²) in [5, 5.41) is 13.4. The highest BCUT2D eigenvalue weighted by Gasteiger charge is 2.23. The van der Waals surface area contributed by atoms with Gasteiger partial charge < -0.3 is 4.90 Å². The first-order valence-corrected chi connectivity index (χ1v) is 8.23. The average Bonchev–Trinajstić information content (AvgIpc) is 3.02. The van der Waals surface area contributed by atoms with E-state index in [4.69, 9.17) is 0 Å². The number of hydrogen-bond acceptors (Lipinski definition) is 6. The van der Waals surface area contributed by atoms with Gasteiger partial charge in [0.25, 0.3) is 5.91 Å². The van der Waals surface area contributed by atoms with Gasteiger partial charge in [-0.1, -0.05) is 11.3 Å². The van der Waals surface area contributed by atoms with Gasteiger partial charge in [0.15, 0.2) is 0 Å². The molecule has 7 nitrogen and oxygen atoms in total. The third-order valence-corrected chi connectivity index (χ3v) is 4.58. The maximum Gasteiger partial charge on any atom is 0.284 e. The van der Waals surface area contributed by atoms with Crippen molar-refractivity contribution in [2.24, 2.45) is 7.05 Å². The van der Waals surface area contributed by atoms with Crippen LogP contribution in [0.15, 0.2) is 12.4 Å². The van der Waals surface area contributed by atoms with E-state index in [2.05, 4.69) is 20.2 Å². The predicted molar refractivity (Wildman–Crippen MR) is 83.7 cm³/mol. The van der Waals surface area contributed by atoms with E-state index in [1.807, 2.05) is 35.9 Å². The van der Waals surface area contributed by atoms with Crippen molar-refractivity contribution in [3.8, 4) is 0 Å². The zero-order chi connectivity index (χ0) is 15.5. The highest BCUT2D eigenvalue weighted by molar-refractivity contribution is 7.13. The van der Waals surface area contributed by atoms with E-state index < -0.39 is 0 Å². The fourth-order valence-corrected chi connectivity index (χ4v) is 3.32. The van der Waals surface area contributed by atoms with Crippen LogP contribution in [0.3, 0.4) is 0 Å². The Morgan fingerprint density at radius 2 is 2.14 bits per heavy atom. The number of carbonyl (C=O) groups is 1. The minimum absolute atomic E-state index is 0.00817. The molecule has 0 aliphatic carbocycles. The lowest BCUT2D eigenvalue weighted by atomic mass is 10.3.